The Hall–Kier alpha value is -0.610. The van der Waals surface area contributed by atoms with Crippen molar-refractivity contribution < 1.29 is 9.53 Å². The van der Waals surface area contributed by atoms with Gasteiger partial charge in [0.25, 0.3) is 0 Å². The van der Waals surface area contributed by atoms with Gasteiger partial charge >= 0.3 is 5.97 Å². The number of carbonyl (C=O) groups is 1. The molecule has 16 heavy (non-hydrogen) atoms. The highest BCUT2D eigenvalue weighted by atomic mass is 16.5. The molecule has 3 unspecified atom stereocenters. The van der Waals surface area contributed by atoms with Crippen LogP contribution in [0.2, 0.25) is 0 Å². The van der Waals surface area contributed by atoms with Crippen LogP contribution in [0.4, 0.5) is 0 Å². The molecule has 3 atom stereocenters. The van der Waals surface area contributed by atoms with Crippen LogP contribution in [0.15, 0.2) is 0 Å². The Bertz CT molecular complexity index is 233. The van der Waals surface area contributed by atoms with Gasteiger partial charge in [0.2, 0.25) is 0 Å². The van der Waals surface area contributed by atoms with Gasteiger partial charge in [0.1, 0.15) is 6.04 Å². The number of esters is 1. The summed E-state index contributed by atoms with van der Waals surface area (Å²) in [6.45, 7) is 2.60. The second kappa shape index (κ2) is 6.21. The van der Waals surface area contributed by atoms with Crippen LogP contribution in [0.1, 0.15) is 32.6 Å². The van der Waals surface area contributed by atoms with Gasteiger partial charge in [0.15, 0.2) is 0 Å². The van der Waals surface area contributed by atoms with E-state index in [-0.39, 0.29) is 12.0 Å². The number of ether oxygens (including phenoxy) is 1. The number of likely N-dealkylation sites (N-methyl/N-ethyl adjacent to an activating group) is 1. The van der Waals surface area contributed by atoms with Crippen LogP contribution in [0.5, 0.6) is 0 Å². The van der Waals surface area contributed by atoms with Crippen LogP contribution in [-0.2, 0) is 9.53 Å². The van der Waals surface area contributed by atoms with Crippen LogP contribution < -0.4 is 5.73 Å². The standard InChI is InChI=1S/C12H24N2O2/c1-9-5-4-6-10(7-9)14(2)11(8-13)12(15)16-3/h9-11H,4-8,13H2,1-3H3. The summed E-state index contributed by atoms with van der Waals surface area (Å²) < 4.78 is 4.78. The third kappa shape index (κ3) is 3.19. The predicted molar refractivity (Wildman–Crippen MR) is 64.0 cm³/mol. The van der Waals surface area contributed by atoms with Crippen molar-refractivity contribution in [2.75, 3.05) is 20.7 Å². The predicted octanol–water partition coefficient (Wildman–Crippen LogP) is 0.997. The van der Waals surface area contributed by atoms with E-state index in [2.05, 4.69) is 11.8 Å². The molecule has 0 bridgehead atoms. The number of rotatable bonds is 4. The summed E-state index contributed by atoms with van der Waals surface area (Å²) in [6, 6.07) is 0.177. The molecule has 0 radical (unpaired) electrons. The molecular formula is C12H24N2O2. The molecule has 0 saturated heterocycles. The van der Waals surface area contributed by atoms with Crippen molar-refractivity contribution >= 4 is 5.97 Å². The molecule has 4 heteroatoms. The Balaban J connectivity index is 2.59. The van der Waals surface area contributed by atoms with E-state index < -0.39 is 0 Å². The molecule has 2 N–H and O–H groups in total. The third-order valence-corrected chi connectivity index (χ3v) is 3.67. The van der Waals surface area contributed by atoms with Crippen LogP contribution in [-0.4, -0.2) is 43.7 Å². The molecule has 0 aromatic rings. The van der Waals surface area contributed by atoms with E-state index in [1.165, 1.54) is 20.0 Å². The first kappa shape index (κ1) is 13.5. The number of nitrogens with zero attached hydrogens (tertiary/aromatic N) is 1. The maximum Gasteiger partial charge on any atom is 0.324 e. The van der Waals surface area contributed by atoms with Gasteiger partial charge in [-0.1, -0.05) is 19.8 Å². The van der Waals surface area contributed by atoms with Crippen molar-refractivity contribution in [3.05, 3.63) is 0 Å². The molecule has 1 saturated carbocycles. The van der Waals surface area contributed by atoms with E-state index in [1.807, 2.05) is 7.05 Å². The minimum absolute atomic E-state index is 0.219. The van der Waals surface area contributed by atoms with Crippen molar-refractivity contribution in [2.45, 2.75) is 44.7 Å². The topological polar surface area (TPSA) is 55.6 Å². The zero-order valence-corrected chi connectivity index (χ0v) is 10.6. The van der Waals surface area contributed by atoms with Crippen molar-refractivity contribution in [1.82, 2.24) is 4.90 Å². The van der Waals surface area contributed by atoms with E-state index >= 15 is 0 Å². The molecule has 94 valence electrons. The van der Waals surface area contributed by atoms with Crippen molar-refractivity contribution in [2.24, 2.45) is 11.7 Å². The molecule has 1 rings (SSSR count). The average Bonchev–Trinajstić information content (AvgIpc) is 2.29. The van der Waals surface area contributed by atoms with E-state index in [0.29, 0.717) is 12.6 Å². The lowest BCUT2D eigenvalue weighted by Gasteiger charge is -2.37. The van der Waals surface area contributed by atoms with Gasteiger partial charge in [-0.05, 0) is 25.8 Å². The molecule has 0 aromatic heterocycles. The molecule has 0 aromatic carbocycles. The molecule has 1 aliphatic rings. The van der Waals surface area contributed by atoms with Crippen LogP contribution in [0.25, 0.3) is 0 Å². The molecule has 0 aliphatic heterocycles. The van der Waals surface area contributed by atoms with Crippen molar-refractivity contribution in [3.8, 4) is 0 Å². The minimum atomic E-state index is -0.291. The zero-order valence-electron chi connectivity index (χ0n) is 10.6. The fourth-order valence-corrected chi connectivity index (χ4v) is 2.59. The lowest BCUT2D eigenvalue weighted by atomic mass is 9.86. The number of carbonyl (C=O) groups excluding carboxylic acids is 1. The highest BCUT2D eigenvalue weighted by Gasteiger charge is 2.30. The van der Waals surface area contributed by atoms with Gasteiger partial charge in [-0.15, -0.1) is 0 Å². The summed E-state index contributed by atoms with van der Waals surface area (Å²) in [5.41, 5.74) is 5.65. The normalized spacial score (nSPS) is 27.8. The SMILES string of the molecule is COC(=O)C(CN)N(C)C1CCCC(C)C1. The highest BCUT2D eigenvalue weighted by molar-refractivity contribution is 5.75. The molecule has 0 spiro atoms. The van der Waals surface area contributed by atoms with Gasteiger partial charge in [-0.25, -0.2) is 0 Å². The second-order valence-electron chi connectivity index (χ2n) is 4.87. The van der Waals surface area contributed by atoms with E-state index in [0.717, 1.165) is 18.8 Å². The maximum atomic E-state index is 11.6. The summed E-state index contributed by atoms with van der Waals surface area (Å²) >= 11 is 0. The Labute approximate surface area is 98.1 Å². The summed E-state index contributed by atoms with van der Waals surface area (Å²) in [7, 11) is 3.40. The maximum absolute atomic E-state index is 11.6. The van der Waals surface area contributed by atoms with Gasteiger partial charge in [0.05, 0.1) is 7.11 Å². The third-order valence-electron chi connectivity index (χ3n) is 3.67. The number of nitrogens with two attached hydrogens (primary N) is 1. The number of hydrogen-bond acceptors (Lipinski definition) is 4. The highest BCUT2D eigenvalue weighted by Crippen LogP contribution is 2.27. The van der Waals surface area contributed by atoms with Gasteiger partial charge in [-0.3, -0.25) is 9.69 Å². The van der Waals surface area contributed by atoms with E-state index in [9.17, 15) is 4.79 Å². The van der Waals surface area contributed by atoms with Crippen molar-refractivity contribution in [3.63, 3.8) is 0 Å². The van der Waals surface area contributed by atoms with Gasteiger partial charge in [0, 0.05) is 12.6 Å². The van der Waals surface area contributed by atoms with Crippen LogP contribution >= 0.6 is 0 Å². The molecule has 4 nitrogen and oxygen atoms in total. The molecule has 0 amide bonds. The van der Waals surface area contributed by atoms with Gasteiger partial charge < -0.3 is 10.5 Å². The zero-order chi connectivity index (χ0) is 12.1. The van der Waals surface area contributed by atoms with Crippen LogP contribution in [0.3, 0.4) is 0 Å². The Kier molecular flexibility index (Phi) is 5.22. The van der Waals surface area contributed by atoms with E-state index in [1.54, 1.807) is 0 Å². The average molecular weight is 228 g/mol. The summed E-state index contributed by atoms with van der Waals surface area (Å²) in [4.78, 5) is 13.7. The second-order valence-corrected chi connectivity index (χ2v) is 4.87. The molecular weight excluding hydrogens is 204 g/mol. The quantitative estimate of drug-likeness (QED) is 0.729. The first-order valence-corrected chi connectivity index (χ1v) is 6.10. The smallest absolute Gasteiger partial charge is 0.324 e. The molecule has 1 fully saturated rings. The number of hydrogen-bond donors (Lipinski definition) is 1. The Morgan fingerprint density at radius 2 is 2.25 bits per heavy atom. The molecule has 0 heterocycles. The van der Waals surface area contributed by atoms with Crippen LogP contribution in [0, 0.1) is 5.92 Å². The largest absolute Gasteiger partial charge is 0.468 e. The Morgan fingerprint density at radius 3 is 2.75 bits per heavy atom. The first-order valence-electron chi connectivity index (χ1n) is 6.10. The lowest BCUT2D eigenvalue weighted by Crippen LogP contribution is -2.50. The first-order chi connectivity index (χ1) is 7.60. The van der Waals surface area contributed by atoms with E-state index in [4.69, 9.17) is 10.5 Å². The fraction of sp³-hybridized carbons (Fsp3) is 0.917. The summed E-state index contributed by atoms with van der Waals surface area (Å²) in [6.07, 6.45) is 4.86. The minimum Gasteiger partial charge on any atom is -0.468 e. The van der Waals surface area contributed by atoms with Gasteiger partial charge in [-0.2, -0.15) is 0 Å². The summed E-state index contributed by atoms with van der Waals surface area (Å²) in [5, 5.41) is 0. The monoisotopic (exact) mass is 228 g/mol. The number of methoxy groups -OCH3 is 1. The Morgan fingerprint density at radius 1 is 1.56 bits per heavy atom. The van der Waals surface area contributed by atoms with Crippen molar-refractivity contribution in [1.29, 1.82) is 0 Å². The molecule has 1 aliphatic carbocycles. The fourth-order valence-electron chi connectivity index (χ4n) is 2.59. The summed E-state index contributed by atoms with van der Waals surface area (Å²) in [5.74, 6) is 0.528. The lowest BCUT2D eigenvalue weighted by molar-refractivity contribution is -0.147.